The summed E-state index contributed by atoms with van der Waals surface area (Å²) in [6, 6.07) is 13.3. The average Bonchev–Trinajstić information content (AvgIpc) is 2.96. The standard InChI is InChI=1S/C15H9BrN4O/c16-12-3-1-2-10(6-12)7-14-19-15(21-20-14)11-4-5-18-13(8-11)9-17/h1-6,8H,7H2. The first-order valence-corrected chi connectivity index (χ1v) is 6.97. The van der Waals surface area contributed by atoms with Crippen LogP contribution in [-0.4, -0.2) is 15.1 Å². The van der Waals surface area contributed by atoms with Crippen LogP contribution in [0.25, 0.3) is 11.5 Å². The number of aromatic nitrogens is 3. The fourth-order valence-electron chi connectivity index (χ4n) is 1.90. The average molecular weight is 341 g/mol. The molecule has 0 unspecified atom stereocenters. The molecule has 0 atom stereocenters. The van der Waals surface area contributed by atoms with Gasteiger partial charge >= 0.3 is 0 Å². The molecule has 5 nitrogen and oxygen atoms in total. The highest BCUT2D eigenvalue weighted by atomic mass is 79.9. The van der Waals surface area contributed by atoms with E-state index in [0.29, 0.717) is 29.4 Å². The van der Waals surface area contributed by atoms with Crippen molar-refractivity contribution in [1.29, 1.82) is 5.26 Å². The summed E-state index contributed by atoms with van der Waals surface area (Å²) in [5, 5.41) is 12.8. The van der Waals surface area contributed by atoms with Crippen LogP contribution in [0.2, 0.25) is 0 Å². The Morgan fingerprint density at radius 1 is 1.24 bits per heavy atom. The molecule has 0 aliphatic heterocycles. The lowest BCUT2D eigenvalue weighted by Crippen LogP contribution is -1.91. The van der Waals surface area contributed by atoms with Crippen LogP contribution < -0.4 is 0 Å². The minimum atomic E-state index is 0.319. The van der Waals surface area contributed by atoms with Crippen LogP contribution >= 0.6 is 15.9 Å². The molecule has 1 aromatic carbocycles. The van der Waals surface area contributed by atoms with Crippen LogP contribution in [0.5, 0.6) is 0 Å². The molecule has 0 bridgehead atoms. The van der Waals surface area contributed by atoms with Crippen molar-refractivity contribution in [3.8, 4) is 17.5 Å². The number of nitrogens with zero attached hydrogens (tertiary/aromatic N) is 4. The summed E-state index contributed by atoms with van der Waals surface area (Å²) >= 11 is 3.43. The molecule has 0 amide bonds. The van der Waals surface area contributed by atoms with Gasteiger partial charge in [0.2, 0.25) is 0 Å². The summed E-state index contributed by atoms with van der Waals surface area (Å²) in [6.45, 7) is 0. The number of nitriles is 1. The third-order valence-corrected chi connectivity index (χ3v) is 3.33. The van der Waals surface area contributed by atoms with Gasteiger partial charge in [0.1, 0.15) is 11.8 Å². The molecule has 0 aliphatic rings. The van der Waals surface area contributed by atoms with Crippen LogP contribution in [0.3, 0.4) is 0 Å². The summed E-state index contributed by atoms with van der Waals surface area (Å²) in [7, 11) is 0. The summed E-state index contributed by atoms with van der Waals surface area (Å²) in [5.41, 5.74) is 2.10. The first-order valence-electron chi connectivity index (χ1n) is 6.18. The van der Waals surface area contributed by atoms with Gasteiger partial charge in [-0.3, -0.25) is 0 Å². The summed E-state index contributed by atoms with van der Waals surface area (Å²) in [6.07, 6.45) is 2.13. The maximum Gasteiger partial charge on any atom is 0.258 e. The summed E-state index contributed by atoms with van der Waals surface area (Å²) in [5.74, 6) is 0.984. The van der Waals surface area contributed by atoms with Gasteiger partial charge in [0.25, 0.3) is 5.89 Å². The van der Waals surface area contributed by atoms with E-state index < -0.39 is 0 Å². The minimum Gasteiger partial charge on any atom is -0.334 e. The summed E-state index contributed by atoms with van der Waals surface area (Å²) in [4.78, 5) is 8.26. The Bertz CT molecular complexity index is 822. The third kappa shape index (κ3) is 3.15. The predicted octanol–water partition coefficient (Wildman–Crippen LogP) is 3.36. The Morgan fingerprint density at radius 2 is 2.14 bits per heavy atom. The van der Waals surface area contributed by atoms with Crippen molar-refractivity contribution in [2.24, 2.45) is 0 Å². The quantitative estimate of drug-likeness (QED) is 0.730. The van der Waals surface area contributed by atoms with Gasteiger partial charge < -0.3 is 4.52 Å². The van der Waals surface area contributed by atoms with E-state index in [0.717, 1.165) is 10.0 Å². The highest BCUT2D eigenvalue weighted by molar-refractivity contribution is 9.10. The number of rotatable bonds is 3. The van der Waals surface area contributed by atoms with Crippen molar-refractivity contribution >= 4 is 15.9 Å². The zero-order valence-electron chi connectivity index (χ0n) is 10.8. The van der Waals surface area contributed by atoms with E-state index in [2.05, 4.69) is 31.1 Å². The normalized spacial score (nSPS) is 10.3. The van der Waals surface area contributed by atoms with Crippen molar-refractivity contribution in [1.82, 2.24) is 15.1 Å². The van der Waals surface area contributed by atoms with Gasteiger partial charge in [-0.2, -0.15) is 10.2 Å². The van der Waals surface area contributed by atoms with Crippen LogP contribution in [0, 0.1) is 11.3 Å². The van der Waals surface area contributed by atoms with Gasteiger partial charge in [-0.25, -0.2) is 4.98 Å². The fraction of sp³-hybridized carbons (Fsp3) is 0.0667. The molecule has 0 fully saturated rings. The van der Waals surface area contributed by atoms with Crippen LogP contribution in [0.15, 0.2) is 51.6 Å². The lowest BCUT2D eigenvalue weighted by Gasteiger charge is -1.97. The van der Waals surface area contributed by atoms with Crippen LogP contribution in [0.4, 0.5) is 0 Å². The van der Waals surface area contributed by atoms with Crippen LogP contribution in [-0.2, 0) is 6.42 Å². The summed E-state index contributed by atoms with van der Waals surface area (Å²) < 4.78 is 6.25. The number of hydrogen-bond acceptors (Lipinski definition) is 5. The third-order valence-electron chi connectivity index (χ3n) is 2.84. The maximum absolute atomic E-state index is 8.85. The maximum atomic E-state index is 8.85. The van der Waals surface area contributed by atoms with Crippen molar-refractivity contribution in [3.63, 3.8) is 0 Å². The topological polar surface area (TPSA) is 75.6 Å². The van der Waals surface area contributed by atoms with Crippen molar-refractivity contribution in [3.05, 3.63) is 64.1 Å². The van der Waals surface area contributed by atoms with Gasteiger partial charge in [0.15, 0.2) is 5.82 Å². The number of benzene rings is 1. The monoisotopic (exact) mass is 340 g/mol. The SMILES string of the molecule is N#Cc1cc(-c2nc(Cc3cccc(Br)c3)no2)ccn1. The zero-order valence-corrected chi connectivity index (χ0v) is 12.4. The largest absolute Gasteiger partial charge is 0.334 e. The van der Waals surface area contributed by atoms with Gasteiger partial charge in [-0.05, 0) is 29.8 Å². The van der Waals surface area contributed by atoms with E-state index in [1.165, 1.54) is 0 Å². The molecule has 0 N–H and O–H groups in total. The Labute approximate surface area is 129 Å². The first-order chi connectivity index (χ1) is 10.2. The van der Waals surface area contributed by atoms with Crippen molar-refractivity contribution in [2.45, 2.75) is 6.42 Å². The number of halogens is 1. The van der Waals surface area contributed by atoms with E-state index in [9.17, 15) is 0 Å². The molecular weight excluding hydrogens is 332 g/mol. The van der Waals surface area contributed by atoms with E-state index in [-0.39, 0.29) is 0 Å². The van der Waals surface area contributed by atoms with Gasteiger partial charge in [0, 0.05) is 22.7 Å². The molecule has 6 heteroatoms. The minimum absolute atomic E-state index is 0.319. The Balaban J connectivity index is 1.85. The Morgan fingerprint density at radius 3 is 2.95 bits per heavy atom. The molecule has 102 valence electrons. The lowest BCUT2D eigenvalue weighted by molar-refractivity contribution is 0.424. The van der Waals surface area contributed by atoms with Gasteiger partial charge in [-0.1, -0.05) is 33.2 Å². The predicted molar refractivity (Wildman–Crippen MR) is 79.2 cm³/mol. The molecule has 2 aromatic heterocycles. The molecule has 3 rings (SSSR count). The number of pyridine rings is 1. The molecule has 0 spiro atoms. The molecule has 0 saturated heterocycles. The van der Waals surface area contributed by atoms with E-state index in [1.54, 1.807) is 18.3 Å². The second-order valence-electron chi connectivity index (χ2n) is 4.36. The zero-order chi connectivity index (χ0) is 14.7. The van der Waals surface area contributed by atoms with Gasteiger partial charge in [0.05, 0.1) is 0 Å². The molecular formula is C15H9BrN4O. The first kappa shape index (κ1) is 13.5. The highest BCUT2D eigenvalue weighted by Gasteiger charge is 2.10. The van der Waals surface area contributed by atoms with E-state index in [4.69, 9.17) is 9.78 Å². The molecule has 3 aromatic rings. The van der Waals surface area contributed by atoms with Crippen molar-refractivity contribution < 1.29 is 4.52 Å². The molecule has 0 radical (unpaired) electrons. The second kappa shape index (κ2) is 5.85. The molecule has 0 aliphatic carbocycles. The fourth-order valence-corrected chi connectivity index (χ4v) is 2.34. The van der Waals surface area contributed by atoms with E-state index in [1.807, 2.05) is 30.3 Å². The smallest absolute Gasteiger partial charge is 0.258 e. The molecule has 0 saturated carbocycles. The lowest BCUT2D eigenvalue weighted by atomic mass is 10.1. The Kier molecular flexibility index (Phi) is 3.75. The second-order valence-corrected chi connectivity index (χ2v) is 5.28. The van der Waals surface area contributed by atoms with Crippen LogP contribution in [0.1, 0.15) is 17.1 Å². The van der Waals surface area contributed by atoms with E-state index >= 15 is 0 Å². The molecule has 21 heavy (non-hydrogen) atoms. The molecule has 2 heterocycles. The highest BCUT2D eigenvalue weighted by Crippen LogP contribution is 2.19. The number of hydrogen-bond donors (Lipinski definition) is 0. The van der Waals surface area contributed by atoms with Crippen molar-refractivity contribution in [2.75, 3.05) is 0 Å². The van der Waals surface area contributed by atoms with Gasteiger partial charge in [-0.15, -0.1) is 0 Å². The Hall–Kier alpha value is -2.52.